The average Bonchev–Trinajstić information content (AvgIpc) is 2.93. The Labute approximate surface area is 115 Å². The molecule has 0 radical (unpaired) electrons. The van der Waals surface area contributed by atoms with Crippen LogP contribution in [0.4, 0.5) is 5.69 Å². The summed E-state index contributed by atoms with van der Waals surface area (Å²) < 4.78 is 10.0. The second kappa shape index (κ2) is 6.54. The topological polar surface area (TPSA) is 64.6 Å². The lowest BCUT2D eigenvalue weighted by Gasteiger charge is -2.10. The van der Waals surface area contributed by atoms with Crippen LogP contribution in [-0.4, -0.2) is 31.2 Å². The van der Waals surface area contributed by atoms with Gasteiger partial charge < -0.3 is 14.8 Å². The largest absolute Gasteiger partial charge is 0.454 e. The Morgan fingerprint density at radius 1 is 1.37 bits per heavy atom. The Hall–Kier alpha value is -1.59. The number of carbonyl (C=O) groups is 2. The number of esters is 1. The van der Waals surface area contributed by atoms with Crippen LogP contribution in [0.3, 0.4) is 0 Å². The van der Waals surface area contributed by atoms with Crippen LogP contribution in [-0.2, 0) is 19.1 Å². The van der Waals surface area contributed by atoms with Crippen LogP contribution in [0.2, 0.25) is 5.02 Å². The summed E-state index contributed by atoms with van der Waals surface area (Å²) in [5.74, 6) is -0.877. The van der Waals surface area contributed by atoms with E-state index in [9.17, 15) is 9.59 Å². The number of amides is 1. The van der Waals surface area contributed by atoms with E-state index < -0.39 is 18.0 Å². The van der Waals surface area contributed by atoms with Crippen molar-refractivity contribution in [2.75, 3.05) is 18.5 Å². The van der Waals surface area contributed by atoms with Crippen molar-refractivity contribution in [3.8, 4) is 0 Å². The molecule has 19 heavy (non-hydrogen) atoms. The molecule has 1 unspecified atom stereocenters. The van der Waals surface area contributed by atoms with Crippen molar-refractivity contribution in [2.24, 2.45) is 0 Å². The Balaban J connectivity index is 1.75. The number of benzene rings is 1. The molecule has 0 spiro atoms. The molecule has 0 aliphatic carbocycles. The minimum Gasteiger partial charge on any atom is -0.454 e. The molecule has 1 aliphatic heterocycles. The number of hydrogen-bond donors (Lipinski definition) is 1. The molecule has 6 heteroatoms. The van der Waals surface area contributed by atoms with Gasteiger partial charge in [0.25, 0.3) is 5.91 Å². The van der Waals surface area contributed by atoms with Gasteiger partial charge in [0.15, 0.2) is 12.7 Å². The van der Waals surface area contributed by atoms with Crippen LogP contribution >= 0.6 is 11.6 Å². The van der Waals surface area contributed by atoms with E-state index in [4.69, 9.17) is 21.1 Å². The fourth-order valence-electron chi connectivity index (χ4n) is 1.72. The quantitative estimate of drug-likeness (QED) is 0.859. The first kappa shape index (κ1) is 13.8. The molecule has 0 saturated carbocycles. The molecule has 2 rings (SSSR count). The van der Waals surface area contributed by atoms with Gasteiger partial charge in [0.1, 0.15) is 0 Å². The van der Waals surface area contributed by atoms with Crippen molar-refractivity contribution in [1.29, 1.82) is 0 Å². The van der Waals surface area contributed by atoms with Gasteiger partial charge in [-0.1, -0.05) is 11.6 Å². The normalized spacial score (nSPS) is 18.1. The second-order valence-corrected chi connectivity index (χ2v) is 4.60. The number of ether oxygens (including phenoxy) is 2. The standard InChI is InChI=1S/C13H14ClNO4/c14-9-3-5-10(6-4-9)15-12(16)8-19-13(17)11-2-1-7-18-11/h3-6,11H,1-2,7-8H2,(H,15,16). The fourth-order valence-corrected chi connectivity index (χ4v) is 1.85. The average molecular weight is 284 g/mol. The maximum absolute atomic E-state index is 11.6. The number of carbonyl (C=O) groups excluding carboxylic acids is 2. The van der Waals surface area contributed by atoms with Crippen LogP contribution in [0, 0.1) is 0 Å². The second-order valence-electron chi connectivity index (χ2n) is 4.16. The van der Waals surface area contributed by atoms with E-state index in [-0.39, 0.29) is 6.61 Å². The first-order valence-electron chi connectivity index (χ1n) is 5.99. The third-order valence-corrected chi connectivity index (χ3v) is 2.92. The number of anilines is 1. The summed E-state index contributed by atoms with van der Waals surface area (Å²) in [6.45, 7) is 0.248. The Morgan fingerprint density at radius 3 is 2.74 bits per heavy atom. The highest BCUT2D eigenvalue weighted by Gasteiger charge is 2.25. The van der Waals surface area contributed by atoms with Crippen molar-refractivity contribution >= 4 is 29.2 Å². The highest BCUT2D eigenvalue weighted by Crippen LogP contribution is 2.14. The summed E-state index contributed by atoms with van der Waals surface area (Å²) in [5, 5.41) is 3.19. The third kappa shape index (κ3) is 4.22. The molecule has 0 bridgehead atoms. The van der Waals surface area contributed by atoms with Crippen LogP contribution in [0.5, 0.6) is 0 Å². The van der Waals surface area contributed by atoms with Gasteiger partial charge in [0.2, 0.25) is 0 Å². The van der Waals surface area contributed by atoms with Gasteiger partial charge in [0, 0.05) is 17.3 Å². The van der Waals surface area contributed by atoms with Gasteiger partial charge >= 0.3 is 5.97 Å². The molecule has 1 aromatic carbocycles. The molecule has 1 atom stereocenters. The number of rotatable bonds is 4. The molecular weight excluding hydrogens is 270 g/mol. The lowest BCUT2D eigenvalue weighted by molar-refractivity contribution is -0.156. The molecular formula is C13H14ClNO4. The molecule has 5 nitrogen and oxygen atoms in total. The Kier molecular flexibility index (Phi) is 4.76. The zero-order valence-corrected chi connectivity index (χ0v) is 11.0. The summed E-state index contributed by atoms with van der Waals surface area (Å²) in [6.07, 6.45) is 0.970. The molecule has 1 aromatic rings. The van der Waals surface area contributed by atoms with E-state index in [0.717, 1.165) is 6.42 Å². The van der Waals surface area contributed by atoms with Crippen LogP contribution < -0.4 is 5.32 Å². The zero-order chi connectivity index (χ0) is 13.7. The van der Waals surface area contributed by atoms with Gasteiger partial charge in [-0.25, -0.2) is 4.79 Å². The maximum Gasteiger partial charge on any atom is 0.335 e. The van der Waals surface area contributed by atoms with Crippen LogP contribution in [0.1, 0.15) is 12.8 Å². The van der Waals surface area contributed by atoms with Gasteiger partial charge in [-0.05, 0) is 37.1 Å². The monoisotopic (exact) mass is 283 g/mol. The van der Waals surface area contributed by atoms with Gasteiger partial charge in [-0.15, -0.1) is 0 Å². The summed E-state index contributed by atoms with van der Waals surface area (Å²) in [4.78, 5) is 23.1. The number of halogens is 1. The zero-order valence-electron chi connectivity index (χ0n) is 10.2. The number of hydrogen-bond acceptors (Lipinski definition) is 4. The minimum absolute atomic E-state index is 0.318. The van der Waals surface area contributed by atoms with Gasteiger partial charge in [-0.3, -0.25) is 4.79 Å². The summed E-state index contributed by atoms with van der Waals surface area (Å²) >= 11 is 5.73. The molecule has 1 N–H and O–H groups in total. The van der Waals surface area contributed by atoms with Crippen molar-refractivity contribution in [3.63, 3.8) is 0 Å². The predicted octanol–water partition coefficient (Wildman–Crippen LogP) is 2.00. The van der Waals surface area contributed by atoms with E-state index in [0.29, 0.717) is 23.7 Å². The van der Waals surface area contributed by atoms with Crippen LogP contribution in [0.25, 0.3) is 0 Å². The molecule has 1 heterocycles. The fraction of sp³-hybridized carbons (Fsp3) is 0.385. The highest BCUT2D eigenvalue weighted by atomic mass is 35.5. The SMILES string of the molecule is O=C(COC(=O)C1CCCO1)Nc1ccc(Cl)cc1. The van der Waals surface area contributed by atoms with Gasteiger partial charge in [0.05, 0.1) is 0 Å². The maximum atomic E-state index is 11.6. The van der Waals surface area contributed by atoms with Gasteiger partial charge in [-0.2, -0.15) is 0 Å². The smallest absolute Gasteiger partial charge is 0.335 e. The third-order valence-electron chi connectivity index (χ3n) is 2.67. The van der Waals surface area contributed by atoms with Crippen molar-refractivity contribution in [2.45, 2.75) is 18.9 Å². The minimum atomic E-state index is -0.525. The van der Waals surface area contributed by atoms with Crippen LogP contribution in [0.15, 0.2) is 24.3 Å². The predicted molar refractivity (Wildman–Crippen MR) is 70.0 cm³/mol. The van der Waals surface area contributed by atoms with E-state index >= 15 is 0 Å². The summed E-state index contributed by atoms with van der Waals surface area (Å²) in [5.41, 5.74) is 0.600. The lowest BCUT2D eigenvalue weighted by Crippen LogP contribution is -2.27. The first-order valence-corrected chi connectivity index (χ1v) is 6.36. The summed E-state index contributed by atoms with van der Waals surface area (Å²) in [7, 11) is 0. The summed E-state index contributed by atoms with van der Waals surface area (Å²) in [6, 6.07) is 6.66. The van der Waals surface area contributed by atoms with E-state index in [1.807, 2.05) is 0 Å². The first-order chi connectivity index (χ1) is 9.15. The van der Waals surface area contributed by atoms with Crippen molar-refractivity contribution < 1.29 is 19.1 Å². The van der Waals surface area contributed by atoms with E-state index in [1.54, 1.807) is 24.3 Å². The molecule has 1 amide bonds. The number of nitrogens with one attached hydrogen (secondary N) is 1. The highest BCUT2D eigenvalue weighted by molar-refractivity contribution is 6.30. The molecule has 102 valence electrons. The molecule has 0 aromatic heterocycles. The molecule has 1 saturated heterocycles. The van der Waals surface area contributed by atoms with E-state index in [2.05, 4.69) is 5.32 Å². The van der Waals surface area contributed by atoms with E-state index in [1.165, 1.54) is 0 Å². The van der Waals surface area contributed by atoms with Crippen molar-refractivity contribution in [1.82, 2.24) is 0 Å². The Bertz CT molecular complexity index is 454. The lowest BCUT2D eigenvalue weighted by atomic mass is 10.2. The van der Waals surface area contributed by atoms with Crippen molar-refractivity contribution in [3.05, 3.63) is 29.3 Å². The molecule has 1 fully saturated rings. The Morgan fingerprint density at radius 2 is 2.11 bits per heavy atom. The molecule has 1 aliphatic rings.